The van der Waals surface area contributed by atoms with E-state index in [0.717, 1.165) is 43.2 Å². The number of hydrogen-bond acceptors (Lipinski definition) is 4. The Morgan fingerprint density at radius 2 is 1.95 bits per heavy atom. The minimum Gasteiger partial charge on any atom is -0.497 e. The number of aromatic nitrogens is 2. The van der Waals surface area contributed by atoms with Crippen LogP contribution in [0.4, 0.5) is 0 Å². The Morgan fingerprint density at radius 3 is 2.62 bits per heavy atom. The van der Waals surface area contributed by atoms with E-state index in [-0.39, 0.29) is 5.91 Å². The molecule has 0 spiro atoms. The molecule has 0 bridgehead atoms. The minimum absolute atomic E-state index is 0.0241. The first-order valence-corrected chi connectivity index (χ1v) is 6.97. The van der Waals surface area contributed by atoms with Crippen molar-refractivity contribution in [3.8, 4) is 17.0 Å². The summed E-state index contributed by atoms with van der Waals surface area (Å²) in [6, 6.07) is 7.58. The molecule has 6 nitrogen and oxygen atoms in total. The van der Waals surface area contributed by atoms with Crippen LogP contribution in [0.25, 0.3) is 11.3 Å². The number of benzene rings is 1. The second-order valence-electron chi connectivity index (χ2n) is 4.93. The van der Waals surface area contributed by atoms with Gasteiger partial charge in [-0.15, -0.1) is 0 Å². The predicted octanol–water partition coefficient (Wildman–Crippen LogP) is 1.13. The van der Waals surface area contributed by atoms with E-state index in [1.165, 1.54) is 0 Å². The van der Waals surface area contributed by atoms with Gasteiger partial charge in [0.15, 0.2) is 0 Å². The summed E-state index contributed by atoms with van der Waals surface area (Å²) in [6.07, 6.45) is 1.60. The summed E-state index contributed by atoms with van der Waals surface area (Å²) >= 11 is 0. The molecule has 1 saturated heterocycles. The number of ether oxygens (including phenoxy) is 1. The van der Waals surface area contributed by atoms with Gasteiger partial charge in [0, 0.05) is 31.7 Å². The fourth-order valence-electron chi connectivity index (χ4n) is 2.46. The number of methoxy groups -OCH3 is 1. The molecule has 2 aromatic rings. The number of aromatic amines is 1. The normalized spacial score (nSPS) is 15.0. The molecule has 1 aromatic carbocycles. The van der Waals surface area contributed by atoms with Crippen molar-refractivity contribution in [3.05, 3.63) is 36.0 Å². The predicted molar refractivity (Wildman–Crippen MR) is 79.3 cm³/mol. The molecule has 0 unspecified atom stereocenters. The van der Waals surface area contributed by atoms with Crippen molar-refractivity contribution in [2.45, 2.75) is 0 Å². The SMILES string of the molecule is COc1ccc(-c2[nH]ncc2C(=O)N2CCNCC2)cc1. The van der Waals surface area contributed by atoms with Gasteiger partial charge in [-0.3, -0.25) is 9.89 Å². The third kappa shape index (κ3) is 2.75. The summed E-state index contributed by atoms with van der Waals surface area (Å²) in [5, 5.41) is 10.2. The second kappa shape index (κ2) is 5.97. The zero-order chi connectivity index (χ0) is 14.7. The Hall–Kier alpha value is -2.34. The van der Waals surface area contributed by atoms with E-state index in [1.807, 2.05) is 29.2 Å². The largest absolute Gasteiger partial charge is 0.497 e. The second-order valence-corrected chi connectivity index (χ2v) is 4.93. The molecule has 6 heteroatoms. The fraction of sp³-hybridized carbons (Fsp3) is 0.333. The van der Waals surface area contributed by atoms with Gasteiger partial charge in [-0.1, -0.05) is 0 Å². The first-order chi connectivity index (χ1) is 10.3. The van der Waals surface area contributed by atoms with Gasteiger partial charge in [-0.25, -0.2) is 0 Å². The number of rotatable bonds is 3. The van der Waals surface area contributed by atoms with E-state index in [1.54, 1.807) is 13.3 Å². The number of piperazine rings is 1. The van der Waals surface area contributed by atoms with Crippen molar-refractivity contribution in [2.75, 3.05) is 33.3 Å². The highest BCUT2D eigenvalue weighted by atomic mass is 16.5. The highest BCUT2D eigenvalue weighted by Crippen LogP contribution is 2.24. The quantitative estimate of drug-likeness (QED) is 0.887. The minimum atomic E-state index is 0.0241. The van der Waals surface area contributed by atoms with E-state index in [9.17, 15) is 4.79 Å². The van der Waals surface area contributed by atoms with Crippen LogP contribution in [0.3, 0.4) is 0 Å². The average molecular weight is 286 g/mol. The number of nitrogens with one attached hydrogen (secondary N) is 2. The van der Waals surface area contributed by atoms with Crippen molar-refractivity contribution >= 4 is 5.91 Å². The molecule has 1 aromatic heterocycles. The molecule has 1 aliphatic heterocycles. The van der Waals surface area contributed by atoms with Crippen molar-refractivity contribution in [2.24, 2.45) is 0 Å². The van der Waals surface area contributed by atoms with Gasteiger partial charge in [0.25, 0.3) is 5.91 Å². The van der Waals surface area contributed by atoms with E-state index in [0.29, 0.717) is 5.56 Å². The molecule has 3 rings (SSSR count). The number of amides is 1. The van der Waals surface area contributed by atoms with Crippen LogP contribution >= 0.6 is 0 Å². The summed E-state index contributed by atoms with van der Waals surface area (Å²) in [5.74, 6) is 0.810. The first kappa shape index (κ1) is 13.6. The van der Waals surface area contributed by atoms with Gasteiger partial charge in [0.2, 0.25) is 0 Å². The smallest absolute Gasteiger partial charge is 0.257 e. The molecule has 0 radical (unpaired) electrons. The zero-order valence-corrected chi connectivity index (χ0v) is 11.9. The number of nitrogens with zero attached hydrogens (tertiary/aromatic N) is 2. The van der Waals surface area contributed by atoms with E-state index >= 15 is 0 Å². The number of hydrogen-bond donors (Lipinski definition) is 2. The van der Waals surface area contributed by atoms with Gasteiger partial charge < -0.3 is 15.0 Å². The zero-order valence-electron chi connectivity index (χ0n) is 11.9. The summed E-state index contributed by atoms with van der Waals surface area (Å²) in [4.78, 5) is 14.4. The lowest BCUT2D eigenvalue weighted by Crippen LogP contribution is -2.46. The molecule has 1 amide bonds. The Morgan fingerprint density at radius 1 is 1.24 bits per heavy atom. The molecule has 2 N–H and O–H groups in total. The van der Waals surface area contributed by atoms with Gasteiger partial charge in [0.1, 0.15) is 5.75 Å². The number of carbonyl (C=O) groups is 1. The molecule has 110 valence electrons. The third-order valence-electron chi connectivity index (χ3n) is 3.65. The summed E-state index contributed by atoms with van der Waals surface area (Å²) in [5.41, 5.74) is 2.29. The van der Waals surface area contributed by atoms with Crippen LogP contribution in [0.15, 0.2) is 30.5 Å². The van der Waals surface area contributed by atoms with Gasteiger partial charge in [0.05, 0.1) is 24.6 Å². The number of H-pyrrole nitrogens is 1. The molecule has 1 aliphatic rings. The topological polar surface area (TPSA) is 70.2 Å². The van der Waals surface area contributed by atoms with Crippen LogP contribution in [0.1, 0.15) is 10.4 Å². The van der Waals surface area contributed by atoms with Crippen molar-refractivity contribution < 1.29 is 9.53 Å². The maximum atomic E-state index is 12.6. The van der Waals surface area contributed by atoms with Crippen LogP contribution in [-0.2, 0) is 0 Å². The highest BCUT2D eigenvalue weighted by Gasteiger charge is 2.22. The third-order valence-corrected chi connectivity index (χ3v) is 3.65. The van der Waals surface area contributed by atoms with Crippen molar-refractivity contribution in [3.63, 3.8) is 0 Å². The molecular weight excluding hydrogens is 268 g/mol. The lowest BCUT2D eigenvalue weighted by atomic mass is 10.1. The monoisotopic (exact) mass is 286 g/mol. The van der Waals surface area contributed by atoms with Gasteiger partial charge in [-0.2, -0.15) is 5.10 Å². The standard InChI is InChI=1S/C15H18N4O2/c1-21-12-4-2-11(3-5-12)14-13(10-17-18-14)15(20)19-8-6-16-7-9-19/h2-5,10,16H,6-9H2,1H3,(H,17,18). The van der Waals surface area contributed by atoms with Crippen LogP contribution in [0, 0.1) is 0 Å². The van der Waals surface area contributed by atoms with Crippen LogP contribution < -0.4 is 10.1 Å². The lowest BCUT2D eigenvalue weighted by molar-refractivity contribution is 0.0736. The Balaban J connectivity index is 1.87. The molecule has 1 fully saturated rings. The Kier molecular flexibility index (Phi) is 3.87. The van der Waals surface area contributed by atoms with E-state index < -0.39 is 0 Å². The molecule has 0 aliphatic carbocycles. The summed E-state index contributed by atoms with van der Waals surface area (Å²) in [6.45, 7) is 3.13. The van der Waals surface area contributed by atoms with Crippen molar-refractivity contribution in [1.29, 1.82) is 0 Å². The lowest BCUT2D eigenvalue weighted by Gasteiger charge is -2.27. The summed E-state index contributed by atoms with van der Waals surface area (Å²) < 4.78 is 5.15. The molecular formula is C15H18N4O2. The first-order valence-electron chi connectivity index (χ1n) is 6.97. The molecule has 2 heterocycles. The molecule has 0 atom stereocenters. The average Bonchev–Trinajstić information content (AvgIpc) is 3.04. The van der Waals surface area contributed by atoms with E-state index in [4.69, 9.17) is 4.74 Å². The Labute approximate surface area is 123 Å². The maximum absolute atomic E-state index is 12.6. The van der Waals surface area contributed by atoms with Gasteiger partial charge >= 0.3 is 0 Å². The van der Waals surface area contributed by atoms with E-state index in [2.05, 4.69) is 15.5 Å². The van der Waals surface area contributed by atoms with Crippen molar-refractivity contribution in [1.82, 2.24) is 20.4 Å². The van der Waals surface area contributed by atoms with Crippen LogP contribution in [0.5, 0.6) is 5.75 Å². The highest BCUT2D eigenvalue weighted by molar-refractivity contribution is 5.99. The Bertz CT molecular complexity index is 615. The molecule has 21 heavy (non-hydrogen) atoms. The van der Waals surface area contributed by atoms with Crippen LogP contribution in [-0.4, -0.2) is 54.3 Å². The molecule has 0 saturated carbocycles. The van der Waals surface area contributed by atoms with Gasteiger partial charge in [-0.05, 0) is 24.3 Å². The maximum Gasteiger partial charge on any atom is 0.257 e. The fourth-order valence-corrected chi connectivity index (χ4v) is 2.46. The summed E-state index contributed by atoms with van der Waals surface area (Å²) in [7, 11) is 1.63. The van der Waals surface area contributed by atoms with Crippen LogP contribution in [0.2, 0.25) is 0 Å². The number of carbonyl (C=O) groups excluding carboxylic acids is 1.